The Morgan fingerprint density at radius 2 is 2.32 bits per heavy atom. The summed E-state index contributed by atoms with van der Waals surface area (Å²) in [5.74, 6) is -1.25. The first-order chi connectivity index (χ1) is 9.11. The largest absolute Gasteiger partial charge is 0.480 e. The molecule has 0 unspecified atom stereocenters. The number of hydrogen-bond donors (Lipinski definition) is 1. The van der Waals surface area contributed by atoms with Gasteiger partial charge in [-0.2, -0.15) is 0 Å². The Morgan fingerprint density at radius 3 is 2.89 bits per heavy atom. The maximum absolute atomic E-state index is 12.2. The van der Waals surface area contributed by atoms with Gasteiger partial charge in [0.1, 0.15) is 6.54 Å². The van der Waals surface area contributed by atoms with E-state index in [1.54, 1.807) is 12.0 Å². The Balaban J connectivity index is 2.03. The van der Waals surface area contributed by atoms with Crippen molar-refractivity contribution in [1.82, 2.24) is 19.9 Å². The summed E-state index contributed by atoms with van der Waals surface area (Å²) < 4.78 is 6.12. The molecule has 1 N–H and O–H groups in total. The van der Waals surface area contributed by atoms with Crippen molar-refractivity contribution in [3.63, 3.8) is 0 Å². The van der Waals surface area contributed by atoms with Gasteiger partial charge >= 0.3 is 5.97 Å². The van der Waals surface area contributed by atoms with Crippen LogP contribution in [0.2, 0.25) is 0 Å². The average molecular weight is 268 g/mol. The fraction of sp³-hybridized carbons (Fsp3) is 0.636. The Morgan fingerprint density at radius 1 is 1.58 bits per heavy atom. The molecule has 0 bridgehead atoms. The van der Waals surface area contributed by atoms with Gasteiger partial charge < -0.3 is 14.7 Å². The third-order valence-corrected chi connectivity index (χ3v) is 2.84. The van der Waals surface area contributed by atoms with Crippen molar-refractivity contribution in [3.05, 3.63) is 11.9 Å². The molecule has 1 aliphatic carbocycles. The lowest BCUT2D eigenvalue weighted by Crippen LogP contribution is -2.36. The minimum Gasteiger partial charge on any atom is -0.480 e. The van der Waals surface area contributed by atoms with Gasteiger partial charge in [0.05, 0.1) is 12.8 Å². The number of ether oxygens (including phenoxy) is 1. The first-order valence-electron chi connectivity index (χ1n) is 6.03. The molecule has 0 saturated heterocycles. The molecule has 104 valence electrons. The summed E-state index contributed by atoms with van der Waals surface area (Å²) in [6, 6.07) is 0.243. The molecule has 0 spiro atoms. The van der Waals surface area contributed by atoms with Crippen LogP contribution in [0, 0.1) is 0 Å². The smallest absolute Gasteiger partial charge is 0.325 e. The third kappa shape index (κ3) is 3.50. The third-order valence-electron chi connectivity index (χ3n) is 2.84. The summed E-state index contributed by atoms with van der Waals surface area (Å²) in [6.45, 7) is 0.666. The van der Waals surface area contributed by atoms with Crippen LogP contribution in [0.1, 0.15) is 23.3 Å². The molecule has 1 aromatic heterocycles. The van der Waals surface area contributed by atoms with E-state index in [-0.39, 0.29) is 24.2 Å². The van der Waals surface area contributed by atoms with Gasteiger partial charge in [-0.05, 0) is 12.8 Å². The van der Waals surface area contributed by atoms with Crippen LogP contribution in [0.25, 0.3) is 0 Å². The summed E-state index contributed by atoms with van der Waals surface area (Å²) >= 11 is 0. The number of methoxy groups -OCH3 is 1. The molecule has 1 heterocycles. The SMILES string of the molecule is COCCN(C(=O)c1cn(CC(=O)O)nn1)C1CC1. The number of aliphatic carboxylic acids is 1. The summed E-state index contributed by atoms with van der Waals surface area (Å²) in [6.07, 6.45) is 3.33. The second kappa shape index (κ2) is 5.79. The molecular weight excluding hydrogens is 252 g/mol. The van der Waals surface area contributed by atoms with Gasteiger partial charge in [0.2, 0.25) is 0 Å². The Bertz CT molecular complexity index is 469. The van der Waals surface area contributed by atoms with Crippen molar-refractivity contribution < 1.29 is 19.4 Å². The highest BCUT2D eigenvalue weighted by Crippen LogP contribution is 2.27. The second-order valence-corrected chi connectivity index (χ2v) is 4.42. The minimum absolute atomic E-state index is 0.171. The van der Waals surface area contributed by atoms with E-state index in [4.69, 9.17) is 9.84 Å². The number of carbonyl (C=O) groups is 2. The van der Waals surface area contributed by atoms with Gasteiger partial charge in [-0.25, -0.2) is 4.68 Å². The van der Waals surface area contributed by atoms with E-state index < -0.39 is 5.97 Å². The molecule has 8 heteroatoms. The summed E-state index contributed by atoms with van der Waals surface area (Å²) in [5.41, 5.74) is 0.171. The predicted octanol–water partition coefficient (Wildman–Crippen LogP) is -0.386. The first kappa shape index (κ1) is 13.5. The zero-order valence-corrected chi connectivity index (χ0v) is 10.7. The molecule has 2 rings (SSSR count). The first-order valence-corrected chi connectivity index (χ1v) is 6.03. The van der Waals surface area contributed by atoms with E-state index in [0.717, 1.165) is 17.5 Å². The quantitative estimate of drug-likeness (QED) is 0.723. The van der Waals surface area contributed by atoms with Crippen LogP contribution in [0.4, 0.5) is 0 Å². The molecule has 8 nitrogen and oxygen atoms in total. The zero-order chi connectivity index (χ0) is 13.8. The van der Waals surface area contributed by atoms with Gasteiger partial charge in [-0.15, -0.1) is 5.10 Å². The molecule has 0 radical (unpaired) electrons. The fourth-order valence-electron chi connectivity index (χ4n) is 1.79. The standard InChI is InChI=1S/C11H16N4O4/c1-19-5-4-15(8-2-3-8)11(18)9-6-14(13-12-9)7-10(16)17/h6,8H,2-5,7H2,1H3,(H,16,17). The average Bonchev–Trinajstić information content (AvgIpc) is 3.09. The Kier molecular flexibility index (Phi) is 4.10. The molecule has 0 aromatic carbocycles. The Labute approximate surface area is 109 Å². The lowest BCUT2D eigenvalue weighted by Gasteiger charge is -2.20. The number of aromatic nitrogens is 3. The summed E-state index contributed by atoms with van der Waals surface area (Å²) in [7, 11) is 1.58. The molecule has 19 heavy (non-hydrogen) atoms. The van der Waals surface area contributed by atoms with E-state index >= 15 is 0 Å². The van der Waals surface area contributed by atoms with Crippen LogP contribution in [0.5, 0.6) is 0 Å². The molecule has 1 saturated carbocycles. The minimum atomic E-state index is -1.03. The van der Waals surface area contributed by atoms with Crippen LogP contribution in [0.3, 0.4) is 0 Å². The zero-order valence-electron chi connectivity index (χ0n) is 10.7. The van der Waals surface area contributed by atoms with E-state index in [0.29, 0.717) is 13.2 Å². The summed E-state index contributed by atoms with van der Waals surface area (Å²) in [5, 5.41) is 16.0. The fourth-order valence-corrected chi connectivity index (χ4v) is 1.79. The number of carboxylic acid groups (broad SMARTS) is 1. The lowest BCUT2D eigenvalue weighted by atomic mass is 10.3. The highest BCUT2D eigenvalue weighted by atomic mass is 16.5. The summed E-state index contributed by atoms with van der Waals surface area (Å²) in [4.78, 5) is 24.5. The predicted molar refractivity (Wildman–Crippen MR) is 63.6 cm³/mol. The highest BCUT2D eigenvalue weighted by Gasteiger charge is 2.33. The highest BCUT2D eigenvalue weighted by molar-refractivity contribution is 5.92. The van der Waals surface area contributed by atoms with Gasteiger partial charge in [0, 0.05) is 19.7 Å². The molecule has 1 aromatic rings. The van der Waals surface area contributed by atoms with Crippen LogP contribution in [-0.2, 0) is 16.1 Å². The van der Waals surface area contributed by atoms with Crippen molar-refractivity contribution in [1.29, 1.82) is 0 Å². The molecule has 1 amide bonds. The number of hydrogen-bond acceptors (Lipinski definition) is 5. The van der Waals surface area contributed by atoms with E-state index in [2.05, 4.69) is 10.3 Å². The maximum atomic E-state index is 12.2. The lowest BCUT2D eigenvalue weighted by molar-refractivity contribution is -0.137. The molecule has 0 atom stereocenters. The normalized spacial score (nSPS) is 14.4. The number of rotatable bonds is 7. The van der Waals surface area contributed by atoms with Crippen molar-refractivity contribution in [2.45, 2.75) is 25.4 Å². The van der Waals surface area contributed by atoms with Crippen molar-refractivity contribution in [2.24, 2.45) is 0 Å². The van der Waals surface area contributed by atoms with Crippen LogP contribution in [-0.4, -0.2) is 63.2 Å². The molecular formula is C11H16N4O4. The maximum Gasteiger partial charge on any atom is 0.325 e. The number of carboxylic acids is 1. The van der Waals surface area contributed by atoms with Crippen molar-refractivity contribution in [2.75, 3.05) is 20.3 Å². The van der Waals surface area contributed by atoms with Crippen LogP contribution >= 0.6 is 0 Å². The monoisotopic (exact) mass is 268 g/mol. The van der Waals surface area contributed by atoms with Crippen molar-refractivity contribution >= 4 is 11.9 Å². The Hall–Kier alpha value is -1.96. The van der Waals surface area contributed by atoms with Crippen LogP contribution < -0.4 is 0 Å². The molecule has 0 aliphatic heterocycles. The van der Waals surface area contributed by atoms with E-state index in [1.165, 1.54) is 6.20 Å². The second-order valence-electron chi connectivity index (χ2n) is 4.42. The van der Waals surface area contributed by atoms with E-state index in [1.807, 2.05) is 0 Å². The topological polar surface area (TPSA) is 97.5 Å². The van der Waals surface area contributed by atoms with E-state index in [9.17, 15) is 9.59 Å². The number of carbonyl (C=O) groups excluding carboxylic acids is 1. The molecule has 1 aliphatic rings. The van der Waals surface area contributed by atoms with Gasteiger partial charge in [0.25, 0.3) is 5.91 Å². The van der Waals surface area contributed by atoms with Gasteiger partial charge in [-0.3, -0.25) is 9.59 Å². The van der Waals surface area contributed by atoms with Gasteiger partial charge in [0.15, 0.2) is 5.69 Å². The number of nitrogens with zero attached hydrogens (tertiary/aromatic N) is 4. The van der Waals surface area contributed by atoms with Crippen molar-refractivity contribution in [3.8, 4) is 0 Å². The van der Waals surface area contributed by atoms with Crippen LogP contribution in [0.15, 0.2) is 6.20 Å². The van der Waals surface area contributed by atoms with Gasteiger partial charge in [-0.1, -0.05) is 5.21 Å². The molecule has 1 fully saturated rings. The number of amides is 1.